The van der Waals surface area contributed by atoms with Gasteiger partial charge in [-0.25, -0.2) is 9.97 Å². The van der Waals surface area contributed by atoms with Gasteiger partial charge in [-0.3, -0.25) is 4.79 Å². The van der Waals surface area contributed by atoms with Crippen LogP contribution in [0.25, 0.3) is 0 Å². The van der Waals surface area contributed by atoms with E-state index < -0.39 is 0 Å². The molecule has 0 spiro atoms. The van der Waals surface area contributed by atoms with Gasteiger partial charge < -0.3 is 10.6 Å². The summed E-state index contributed by atoms with van der Waals surface area (Å²) in [7, 11) is 0. The molecule has 1 aliphatic rings. The van der Waals surface area contributed by atoms with E-state index in [-0.39, 0.29) is 5.91 Å². The predicted octanol–water partition coefficient (Wildman–Crippen LogP) is 1.26. The van der Waals surface area contributed by atoms with Gasteiger partial charge in [0.05, 0.1) is 0 Å². The topological polar surface area (TPSA) is 66.9 Å². The highest BCUT2D eigenvalue weighted by atomic mass is 16.1. The Morgan fingerprint density at radius 1 is 1.53 bits per heavy atom. The van der Waals surface area contributed by atoms with Crippen molar-refractivity contribution in [1.29, 1.82) is 0 Å². The Morgan fingerprint density at radius 2 is 2.35 bits per heavy atom. The number of rotatable bonds is 6. The zero-order valence-electron chi connectivity index (χ0n) is 10.1. The quantitative estimate of drug-likeness (QED) is 0.727. The van der Waals surface area contributed by atoms with Crippen molar-refractivity contribution in [2.45, 2.75) is 38.6 Å². The summed E-state index contributed by atoms with van der Waals surface area (Å²) in [5, 5.41) is 6.07. The van der Waals surface area contributed by atoms with E-state index in [1.807, 2.05) is 13.0 Å². The van der Waals surface area contributed by atoms with Crippen molar-refractivity contribution in [3.05, 3.63) is 18.0 Å². The van der Waals surface area contributed by atoms with Crippen LogP contribution in [0, 0.1) is 6.92 Å². The molecule has 1 saturated carbocycles. The van der Waals surface area contributed by atoms with Crippen LogP contribution in [0.4, 0.5) is 5.95 Å². The molecule has 0 bridgehead atoms. The molecule has 1 fully saturated rings. The molecule has 0 saturated heterocycles. The van der Waals surface area contributed by atoms with Crippen LogP contribution < -0.4 is 10.6 Å². The summed E-state index contributed by atoms with van der Waals surface area (Å²) in [6, 6.07) is 2.31. The molecule has 1 aromatic rings. The molecule has 17 heavy (non-hydrogen) atoms. The summed E-state index contributed by atoms with van der Waals surface area (Å²) in [6.45, 7) is 2.65. The van der Waals surface area contributed by atoms with Crippen LogP contribution in [0.1, 0.15) is 31.4 Å². The highest BCUT2D eigenvalue weighted by Crippen LogP contribution is 2.18. The zero-order chi connectivity index (χ0) is 12.1. The molecule has 1 heterocycles. The van der Waals surface area contributed by atoms with Gasteiger partial charge in [-0.2, -0.15) is 0 Å². The average Bonchev–Trinajstić information content (AvgIpc) is 3.08. The second-order valence-electron chi connectivity index (χ2n) is 4.39. The first-order valence-corrected chi connectivity index (χ1v) is 6.07. The number of nitrogens with one attached hydrogen (secondary N) is 2. The Morgan fingerprint density at radius 3 is 3.06 bits per heavy atom. The third-order valence-corrected chi connectivity index (χ3v) is 2.60. The SMILES string of the molecule is Cc1ccnc(NCCCC(=O)NC2CC2)n1. The number of hydrogen-bond donors (Lipinski definition) is 2. The molecule has 0 atom stereocenters. The van der Waals surface area contributed by atoms with Crippen molar-refractivity contribution in [3.63, 3.8) is 0 Å². The molecule has 0 aromatic carbocycles. The lowest BCUT2D eigenvalue weighted by molar-refractivity contribution is -0.121. The van der Waals surface area contributed by atoms with E-state index in [0.717, 1.165) is 31.5 Å². The summed E-state index contributed by atoms with van der Waals surface area (Å²) < 4.78 is 0. The summed E-state index contributed by atoms with van der Waals surface area (Å²) in [5.41, 5.74) is 0.939. The zero-order valence-corrected chi connectivity index (χ0v) is 10.1. The minimum atomic E-state index is 0.152. The Kier molecular flexibility index (Phi) is 3.90. The molecule has 1 aliphatic carbocycles. The summed E-state index contributed by atoms with van der Waals surface area (Å²) in [5.74, 6) is 0.784. The summed E-state index contributed by atoms with van der Waals surface area (Å²) in [4.78, 5) is 19.7. The smallest absolute Gasteiger partial charge is 0.222 e. The number of carbonyl (C=O) groups is 1. The second kappa shape index (κ2) is 5.61. The van der Waals surface area contributed by atoms with Gasteiger partial charge in [0.2, 0.25) is 11.9 Å². The summed E-state index contributed by atoms with van der Waals surface area (Å²) >= 11 is 0. The van der Waals surface area contributed by atoms with Crippen LogP contribution in [0.2, 0.25) is 0 Å². The monoisotopic (exact) mass is 234 g/mol. The Bertz CT molecular complexity index is 390. The lowest BCUT2D eigenvalue weighted by Gasteiger charge is -2.05. The number of carbonyl (C=O) groups excluding carboxylic acids is 1. The van der Waals surface area contributed by atoms with E-state index in [9.17, 15) is 4.79 Å². The molecule has 0 aliphatic heterocycles. The number of aromatic nitrogens is 2. The van der Waals surface area contributed by atoms with Gasteiger partial charge in [-0.15, -0.1) is 0 Å². The van der Waals surface area contributed by atoms with Crippen LogP contribution in [0.3, 0.4) is 0 Å². The number of aryl methyl sites for hydroxylation is 1. The van der Waals surface area contributed by atoms with Crippen molar-refractivity contribution in [3.8, 4) is 0 Å². The second-order valence-corrected chi connectivity index (χ2v) is 4.39. The van der Waals surface area contributed by atoms with Gasteiger partial charge >= 0.3 is 0 Å². The van der Waals surface area contributed by atoms with E-state index in [0.29, 0.717) is 18.4 Å². The van der Waals surface area contributed by atoms with Crippen molar-refractivity contribution in [1.82, 2.24) is 15.3 Å². The number of hydrogen-bond acceptors (Lipinski definition) is 4. The van der Waals surface area contributed by atoms with E-state index in [4.69, 9.17) is 0 Å². The minimum Gasteiger partial charge on any atom is -0.354 e. The molecule has 5 nitrogen and oxygen atoms in total. The van der Waals surface area contributed by atoms with Crippen LogP contribution >= 0.6 is 0 Å². The fourth-order valence-electron chi connectivity index (χ4n) is 1.51. The largest absolute Gasteiger partial charge is 0.354 e. The molecular weight excluding hydrogens is 216 g/mol. The van der Waals surface area contributed by atoms with Crippen molar-refractivity contribution < 1.29 is 4.79 Å². The van der Waals surface area contributed by atoms with Crippen molar-refractivity contribution >= 4 is 11.9 Å². The average molecular weight is 234 g/mol. The van der Waals surface area contributed by atoms with Crippen LogP contribution in [0.15, 0.2) is 12.3 Å². The number of amides is 1. The van der Waals surface area contributed by atoms with Gasteiger partial charge in [0, 0.05) is 30.9 Å². The minimum absolute atomic E-state index is 0.152. The highest BCUT2D eigenvalue weighted by molar-refractivity contribution is 5.76. The predicted molar refractivity (Wildman–Crippen MR) is 65.7 cm³/mol. The molecular formula is C12H18N4O. The Labute approximate surface area is 101 Å². The van der Waals surface area contributed by atoms with Gasteiger partial charge in [0.15, 0.2) is 0 Å². The normalized spacial score (nSPS) is 14.4. The maximum absolute atomic E-state index is 11.4. The van der Waals surface area contributed by atoms with E-state index in [1.165, 1.54) is 0 Å². The van der Waals surface area contributed by atoms with Crippen molar-refractivity contribution in [2.24, 2.45) is 0 Å². The molecule has 0 unspecified atom stereocenters. The molecule has 5 heteroatoms. The maximum Gasteiger partial charge on any atom is 0.222 e. The Hall–Kier alpha value is -1.65. The van der Waals surface area contributed by atoms with E-state index in [1.54, 1.807) is 6.20 Å². The Balaban J connectivity index is 1.60. The first-order chi connectivity index (χ1) is 8.24. The van der Waals surface area contributed by atoms with Crippen LogP contribution in [-0.2, 0) is 4.79 Å². The first-order valence-electron chi connectivity index (χ1n) is 6.07. The fraction of sp³-hybridized carbons (Fsp3) is 0.583. The van der Waals surface area contributed by atoms with Gasteiger partial charge in [0.25, 0.3) is 0 Å². The van der Waals surface area contributed by atoms with Gasteiger partial charge in [0.1, 0.15) is 0 Å². The summed E-state index contributed by atoms with van der Waals surface area (Å²) in [6.07, 6.45) is 5.37. The third kappa shape index (κ3) is 4.38. The molecule has 2 N–H and O–H groups in total. The highest BCUT2D eigenvalue weighted by Gasteiger charge is 2.22. The third-order valence-electron chi connectivity index (χ3n) is 2.60. The molecule has 0 radical (unpaired) electrons. The number of anilines is 1. The first kappa shape index (κ1) is 11.8. The van der Waals surface area contributed by atoms with E-state index in [2.05, 4.69) is 20.6 Å². The lowest BCUT2D eigenvalue weighted by atomic mass is 10.3. The molecule has 92 valence electrons. The molecule has 1 amide bonds. The standard InChI is InChI=1S/C12H18N4O/c1-9-6-8-14-12(15-9)13-7-2-3-11(17)16-10-4-5-10/h6,8,10H,2-5,7H2,1H3,(H,16,17)(H,13,14,15). The molecule has 2 rings (SSSR count). The van der Waals surface area contributed by atoms with Crippen molar-refractivity contribution in [2.75, 3.05) is 11.9 Å². The van der Waals surface area contributed by atoms with Crippen LogP contribution in [0.5, 0.6) is 0 Å². The van der Waals surface area contributed by atoms with Gasteiger partial charge in [-0.1, -0.05) is 0 Å². The maximum atomic E-state index is 11.4. The molecule has 1 aromatic heterocycles. The van der Waals surface area contributed by atoms with Gasteiger partial charge in [-0.05, 0) is 32.3 Å². The number of nitrogens with zero attached hydrogens (tertiary/aromatic N) is 2. The lowest BCUT2D eigenvalue weighted by Crippen LogP contribution is -2.25. The van der Waals surface area contributed by atoms with E-state index >= 15 is 0 Å². The van der Waals surface area contributed by atoms with Crippen LogP contribution in [-0.4, -0.2) is 28.5 Å². The fourth-order valence-corrected chi connectivity index (χ4v) is 1.51.